The Bertz CT molecular complexity index is 395. The Morgan fingerprint density at radius 3 is 2.47 bits per heavy atom. The lowest BCUT2D eigenvalue weighted by atomic mass is 9.88. The van der Waals surface area contributed by atoms with Crippen molar-refractivity contribution in [2.24, 2.45) is 0 Å². The summed E-state index contributed by atoms with van der Waals surface area (Å²) in [5, 5.41) is 3.65. The van der Waals surface area contributed by atoms with Crippen molar-refractivity contribution >= 4 is 0 Å². The molecule has 17 heavy (non-hydrogen) atoms. The Kier molecular flexibility index (Phi) is 3.88. The number of hydrogen-bond acceptors (Lipinski definition) is 1. The molecule has 0 aromatic heterocycles. The Hall–Kier alpha value is -0.820. The van der Waals surface area contributed by atoms with Gasteiger partial charge in [0, 0.05) is 6.04 Å². The second-order valence-corrected chi connectivity index (χ2v) is 5.49. The van der Waals surface area contributed by atoms with Gasteiger partial charge in [-0.15, -0.1) is 0 Å². The number of likely N-dealkylation sites (N-methyl/N-ethyl adjacent to an activating group) is 1. The van der Waals surface area contributed by atoms with Crippen molar-refractivity contribution in [1.82, 2.24) is 5.32 Å². The first-order chi connectivity index (χ1) is 8.13. The van der Waals surface area contributed by atoms with Crippen LogP contribution in [0, 0.1) is 20.8 Å². The zero-order valence-corrected chi connectivity index (χ0v) is 11.6. The molecule has 0 spiro atoms. The quantitative estimate of drug-likeness (QED) is 0.833. The topological polar surface area (TPSA) is 12.0 Å². The molecule has 1 N–H and O–H groups in total. The van der Waals surface area contributed by atoms with E-state index in [0.717, 1.165) is 12.5 Å². The summed E-state index contributed by atoms with van der Waals surface area (Å²) in [5.41, 5.74) is 5.91. The molecule has 0 aliphatic heterocycles. The molecule has 0 radical (unpaired) electrons. The van der Waals surface area contributed by atoms with Gasteiger partial charge in [0.05, 0.1) is 0 Å². The number of rotatable bonds is 3. The molecule has 94 valence electrons. The molecule has 1 aromatic rings. The fourth-order valence-corrected chi connectivity index (χ4v) is 3.22. The Morgan fingerprint density at radius 2 is 1.76 bits per heavy atom. The van der Waals surface area contributed by atoms with Crippen LogP contribution in [0.25, 0.3) is 0 Å². The van der Waals surface area contributed by atoms with Crippen LogP contribution < -0.4 is 5.32 Å². The molecular formula is C16H25N. The van der Waals surface area contributed by atoms with Crippen LogP contribution >= 0.6 is 0 Å². The van der Waals surface area contributed by atoms with E-state index >= 15 is 0 Å². The number of benzene rings is 1. The van der Waals surface area contributed by atoms with Gasteiger partial charge in [-0.05, 0) is 68.3 Å². The van der Waals surface area contributed by atoms with Gasteiger partial charge in [-0.1, -0.05) is 25.5 Å². The number of hydrogen-bond donors (Lipinski definition) is 1. The normalized spacial score (nSPS) is 24.2. The molecule has 1 heteroatoms. The highest BCUT2D eigenvalue weighted by molar-refractivity contribution is 5.39. The average Bonchev–Trinajstić information content (AvgIpc) is 2.72. The highest BCUT2D eigenvalue weighted by Gasteiger charge is 2.28. The van der Waals surface area contributed by atoms with Crippen molar-refractivity contribution < 1.29 is 0 Å². The summed E-state index contributed by atoms with van der Waals surface area (Å²) in [6, 6.07) is 5.47. The van der Waals surface area contributed by atoms with Crippen molar-refractivity contribution in [3.63, 3.8) is 0 Å². The Balaban J connectivity index is 2.29. The van der Waals surface area contributed by atoms with E-state index in [4.69, 9.17) is 0 Å². The summed E-state index contributed by atoms with van der Waals surface area (Å²) in [7, 11) is 0. The predicted octanol–water partition coefficient (Wildman–Crippen LogP) is 3.86. The van der Waals surface area contributed by atoms with Crippen molar-refractivity contribution in [3.05, 3.63) is 34.4 Å². The van der Waals surface area contributed by atoms with Crippen LogP contribution in [-0.4, -0.2) is 12.6 Å². The van der Waals surface area contributed by atoms with E-state index in [0.29, 0.717) is 6.04 Å². The molecule has 1 aromatic carbocycles. The summed E-state index contributed by atoms with van der Waals surface area (Å²) < 4.78 is 0. The van der Waals surface area contributed by atoms with E-state index in [-0.39, 0.29) is 0 Å². The number of aryl methyl sites for hydroxylation is 3. The van der Waals surface area contributed by atoms with Gasteiger partial charge in [-0.3, -0.25) is 0 Å². The minimum absolute atomic E-state index is 0.695. The van der Waals surface area contributed by atoms with Crippen LogP contribution in [0.2, 0.25) is 0 Å². The SMILES string of the molecule is CCNC1CCCC1c1cc(C)c(C)cc1C. The second-order valence-electron chi connectivity index (χ2n) is 5.49. The first-order valence-corrected chi connectivity index (χ1v) is 6.94. The molecule has 0 saturated heterocycles. The third kappa shape index (κ3) is 2.55. The molecule has 1 aliphatic rings. The third-order valence-electron chi connectivity index (χ3n) is 4.26. The van der Waals surface area contributed by atoms with Crippen molar-refractivity contribution in [3.8, 4) is 0 Å². The molecule has 1 nitrogen and oxygen atoms in total. The van der Waals surface area contributed by atoms with Crippen LogP contribution in [0.1, 0.15) is 54.4 Å². The molecule has 0 amide bonds. The van der Waals surface area contributed by atoms with Crippen LogP contribution in [0.3, 0.4) is 0 Å². The van der Waals surface area contributed by atoms with Gasteiger partial charge < -0.3 is 5.32 Å². The van der Waals surface area contributed by atoms with Gasteiger partial charge in [-0.25, -0.2) is 0 Å². The molecule has 1 fully saturated rings. The third-order valence-corrected chi connectivity index (χ3v) is 4.26. The maximum absolute atomic E-state index is 3.65. The minimum atomic E-state index is 0.695. The average molecular weight is 231 g/mol. The van der Waals surface area contributed by atoms with Crippen LogP contribution in [0.4, 0.5) is 0 Å². The molecule has 2 unspecified atom stereocenters. The van der Waals surface area contributed by atoms with Crippen LogP contribution in [0.5, 0.6) is 0 Å². The minimum Gasteiger partial charge on any atom is -0.314 e. The molecule has 0 heterocycles. The van der Waals surface area contributed by atoms with Crippen molar-refractivity contribution in [1.29, 1.82) is 0 Å². The lowest BCUT2D eigenvalue weighted by Gasteiger charge is -2.23. The van der Waals surface area contributed by atoms with E-state index in [1.807, 2.05) is 0 Å². The highest BCUT2D eigenvalue weighted by Crippen LogP contribution is 2.37. The lowest BCUT2D eigenvalue weighted by Crippen LogP contribution is -2.31. The van der Waals surface area contributed by atoms with Gasteiger partial charge in [0.25, 0.3) is 0 Å². The molecule has 1 saturated carbocycles. The smallest absolute Gasteiger partial charge is 0.0136 e. The van der Waals surface area contributed by atoms with Crippen molar-refractivity contribution in [2.45, 2.75) is 58.9 Å². The summed E-state index contributed by atoms with van der Waals surface area (Å²) in [5.74, 6) is 0.731. The fraction of sp³-hybridized carbons (Fsp3) is 0.625. The predicted molar refractivity (Wildman–Crippen MR) is 74.7 cm³/mol. The maximum Gasteiger partial charge on any atom is 0.0136 e. The van der Waals surface area contributed by atoms with E-state index in [2.05, 4.69) is 45.1 Å². The summed E-state index contributed by atoms with van der Waals surface area (Å²) >= 11 is 0. The zero-order valence-electron chi connectivity index (χ0n) is 11.6. The molecule has 0 bridgehead atoms. The van der Waals surface area contributed by atoms with Gasteiger partial charge in [0.15, 0.2) is 0 Å². The second kappa shape index (κ2) is 5.22. The summed E-state index contributed by atoms with van der Waals surface area (Å²) in [6.45, 7) is 10.0. The van der Waals surface area contributed by atoms with E-state index in [1.54, 1.807) is 5.56 Å². The van der Waals surface area contributed by atoms with Crippen molar-refractivity contribution in [2.75, 3.05) is 6.54 Å². The molecular weight excluding hydrogens is 206 g/mol. The monoisotopic (exact) mass is 231 g/mol. The standard InChI is InChI=1S/C16H25N/c1-5-17-16-8-6-7-14(16)15-10-12(3)11(2)9-13(15)4/h9-10,14,16-17H,5-8H2,1-4H3. The van der Waals surface area contributed by atoms with E-state index < -0.39 is 0 Å². The maximum atomic E-state index is 3.65. The largest absolute Gasteiger partial charge is 0.314 e. The Labute approximate surface area is 106 Å². The number of nitrogens with one attached hydrogen (secondary N) is 1. The van der Waals surface area contributed by atoms with Gasteiger partial charge in [0.1, 0.15) is 0 Å². The van der Waals surface area contributed by atoms with Crippen LogP contribution in [0.15, 0.2) is 12.1 Å². The van der Waals surface area contributed by atoms with Gasteiger partial charge in [0.2, 0.25) is 0 Å². The van der Waals surface area contributed by atoms with E-state index in [1.165, 1.54) is 36.0 Å². The first-order valence-electron chi connectivity index (χ1n) is 6.94. The molecule has 2 rings (SSSR count). The summed E-state index contributed by atoms with van der Waals surface area (Å²) in [4.78, 5) is 0. The lowest BCUT2D eigenvalue weighted by molar-refractivity contribution is 0.491. The molecule has 1 aliphatic carbocycles. The van der Waals surface area contributed by atoms with E-state index in [9.17, 15) is 0 Å². The highest BCUT2D eigenvalue weighted by atomic mass is 14.9. The van der Waals surface area contributed by atoms with Gasteiger partial charge >= 0.3 is 0 Å². The van der Waals surface area contributed by atoms with Gasteiger partial charge in [-0.2, -0.15) is 0 Å². The fourth-order valence-electron chi connectivity index (χ4n) is 3.22. The Morgan fingerprint density at radius 1 is 1.06 bits per heavy atom. The molecule has 2 atom stereocenters. The zero-order chi connectivity index (χ0) is 12.4. The summed E-state index contributed by atoms with van der Waals surface area (Å²) in [6.07, 6.45) is 4.06. The van der Waals surface area contributed by atoms with Crippen LogP contribution in [-0.2, 0) is 0 Å². The first kappa shape index (κ1) is 12.6.